The van der Waals surface area contributed by atoms with Gasteiger partial charge in [-0.15, -0.1) is 0 Å². The fourth-order valence-electron chi connectivity index (χ4n) is 1.82. The van der Waals surface area contributed by atoms with Gasteiger partial charge in [-0.3, -0.25) is 14.5 Å². The molecule has 0 saturated carbocycles. The second kappa shape index (κ2) is 4.67. The standard InChI is InChI=1S/C13H15NO3/c1-9(2)17-8-7-14-12(15)10-5-3-4-6-11(10)13(14)16/h3-6,9H,7-8H2,1-2H3. The Kier molecular flexibility index (Phi) is 3.24. The van der Waals surface area contributed by atoms with Crippen molar-refractivity contribution in [1.29, 1.82) is 0 Å². The molecule has 0 radical (unpaired) electrons. The highest BCUT2D eigenvalue weighted by Gasteiger charge is 2.34. The predicted molar refractivity (Wildman–Crippen MR) is 62.9 cm³/mol. The Morgan fingerprint density at radius 1 is 1.12 bits per heavy atom. The molecule has 0 aromatic heterocycles. The van der Waals surface area contributed by atoms with Crippen molar-refractivity contribution < 1.29 is 14.3 Å². The number of rotatable bonds is 4. The van der Waals surface area contributed by atoms with Gasteiger partial charge in [-0.25, -0.2) is 0 Å². The van der Waals surface area contributed by atoms with Crippen molar-refractivity contribution in [3.63, 3.8) is 0 Å². The highest BCUT2D eigenvalue weighted by atomic mass is 16.5. The molecular formula is C13H15NO3. The van der Waals surface area contributed by atoms with Gasteiger partial charge in [-0.05, 0) is 26.0 Å². The summed E-state index contributed by atoms with van der Waals surface area (Å²) in [6.45, 7) is 4.53. The summed E-state index contributed by atoms with van der Waals surface area (Å²) in [5, 5.41) is 0. The second-order valence-electron chi connectivity index (χ2n) is 4.23. The van der Waals surface area contributed by atoms with E-state index in [1.165, 1.54) is 4.90 Å². The molecule has 1 aromatic carbocycles. The molecule has 0 atom stereocenters. The van der Waals surface area contributed by atoms with Crippen LogP contribution in [0.4, 0.5) is 0 Å². The molecule has 0 bridgehead atoms. The van der Waals surface area contributed by atoms with E-state index in [0.29, 0.717) is 24.3 Å². The Morgan fingerprint density at radius 2 is 1.65 bits per heavy atom. The van der Waals surface area contributed by atoms with Crippen LogP contribution in [0.2, 0.25) is 0 Å². The van der Waals surface area contributed by atoms with E-state index in [2.05, 4.69) is 0 Å². The lowest BCUT2D eigenvalue weighted by molar-refractivity contribution is 0.0448. The van der Waals surface area contributed by atoms with Gasteiger partial charge >= 0.3 is 0 Å². The van der Waals surface area contributed by atoms with Crippen LogP contribution in [-0.4, -0.2) is 36.0 Å². The Morgan fingerprint density at radius 3 is 2.12 bits per heavy atom. The zero-order valence-electron chi connectivity index (χ0n) is 9.97. The first kappa shape index (κ1) is 11.8. The third-order valence-electron chi connectivity index (χ3n) is 2.64. The minimum atomic E-state index is -0.224. The first-order valence-electron chi connectivity index (χ1n) is 5.68. The van der Waals surface area contributed by atoms with Crippen molar-refractivity contribution in [1.82, 2.24) is 4.90 Å². The van der Waals surface area contributed by atoms with Crippen LogP contribution < -0.4 is 0 Å². The molecule has 1 aliphatic rings. The van der Waals surface area contributed by atoms with Crippen LogP contribution in [0.25, 0.3) is 0 Å². The molecule has 0 unspecified atom stereocenters. The number of carbonyl (C=O) groups is 2. The Bertz CT molecular complexity index is 419. The number of imide groups is 1. The van der Waals surface area contributed by atoms with Gasteiger partial charge in [0.25, 0.3) is 11.8 Å². The Labute approximate surface area is 100 Å². The number of hydrogen-bond acceptors (Lipinski definition) is 3. The molecule has 0 spiro atoms. The van der Waals surface area contributed by atoms with Crippen LogP contribution in [0.1, 0.15) is 34.6 Å². The van der Waals surface area contributed by atoms with Crippen molar-refractivity contribution in [3.8, 4) is 0 Å². The molecule has 0 N–H and O–H groups in total. The lowest BCUT2D eigenvalue weighted by Gasteiger charge is -2.14. The second-order valence-corrected chi connectivity index (χ2v) is 4.23. The predicted octanol–water partition coefficient (Wildman–Crippen LogP) is 1.71. The van der Waals surface area contributed by atoms with Crippen LogP contribution in [-0.2, 0) is 4.74 Å². The molecule has 0 fully saturated rings. The van der Waals surface area contributed by atoms with E-state index in [1.54, 1.807) is 24.3 Å². The van der Waals surface area contributed by atoms with Crippen LogP contribution in [0.3, 0.4) is 0 Å². The number of ether oxygens (including phenoxy) is 1. The molecule has 1 aromatic rings. The molecule has 4 heteroatoms. The van der Waals surface area contributed by atoms with Crippen molar-refractivity contribution in [2.75, 3.05) is 13.2 Å². The van der Waals surface area contributed by atoms with Gasteiger partial charge in [0, 0.05) is 0 Å². The maximum Gasteiger partial charge on any atom is 0.261 e. The summed E-state index contributed by atoms with van der Waals surface area (Å²) in [4.78, 5) is 25.1. The lowest BCUT2D eigenvalue weighted by atomic mass is 10.1. The van der Waals surface area contributed by atoms with E-state index in [9.17, 15) is 9.59 Å². The lowest BCUT2D eigenvalue weighted by Crippen LogP contribution is -2.33. The van der Waals surface area contributed by atoms with Crippen LogP contribution >= 0.6 is 0 Å². The summed E-state index contributed by atoms with van der Waals surface area (Å²) in [5.41, 5.74) is 0.976. The van der Waals surface area contributed by atoms with Crippen molar-refractivity contribution in [3.05, 3.63) is 35.4 Å². The largest absolute Gasteiger partial charge is 0.377 e. The average molecular weight is 233 g/mol. The number of fused-ring (bicyclic) bond motifs is 1. The number of carbonyl (C=O) groups excluding carboxylic acids is 2. The van der Waals surface area contributed by atoms with Gasteiger partial charge in [-0.2, -0.15) is 0 Å². The number of nitrogens with zero attached hydrogens (tertiary/aromatic N) is 1. The molecule has 0 aliphatic carbocycles. The minimum Gasteiger partial charge on any atom is -0.377 e. The zero-order valence-corrected chi connectivity index (χ0v) is 9.97. The third kappa shape index (κ3) is 2.22. The molecule has 1 heterocycles. The SMILES string of the molecule is CC(C)OCCN1C(=O)c2ccccc2C1=O. The molecule has 2 rings (SSSR count). The van der Waals surface area contributed by atoms with E-state index < -0.39 is 0 Å². The normalized spacial score (nSPS) is 14.6. The summed E-state index contributed by atoms with van der Waals surface area (Å²) in [6.07, 6.45) is 0.102. The summed E-state index contributed by atoms with van der Waals surface area (Å²) < 4.78 is 5.35. The Balaban J connectivity index is 2.08. The quantitative estimate of drug-likeness (QED) is 0.744. The van der Waals surface area contributed by atoms with Crippen molar-refractivity contribution in [2.45, 2.75) is 20.0 Å². The van der Waals surface area contributed by atoms with Crippen LogP contribution in [0.5, 0.6) is 0 Å². The first-order chi connectivity index (χ1) is 8.11. The zero-order chi connectivity index (χ0) is 12.4. The van der Waals surface area contributed by atoms with Gasteiger partial charge in [0.2, 0.25) is 0 Å². The van der Waals surface area contributed by atoms with E-state index in [0.717, 1.165) is 0 Å². The molecule has 0 saturated heterocycles. The maximum absolute atomic E-state index is 11.9. The summed E-state index contributed by atoms with van der Waals surface area (Å²) in [6, 6.07) is 6.88. The minimum absolute atomic E-state index is 0.102. The molecule has 1 aliphatic heterocycles. The average Bonchev–Trinajstić information content (AvgIpc) is 2.54. The molecule has 4 nitrogen and oxygen atoms in total. The highest BCUT2D eigenvalue weighted by molar-refractivity contribution is 6.21. The van der Waals surface area contributed by atoms with Crippen LogP contribution in [0, 0.1) is 0 Å². The van der Waals surface area contributed by atoms with Crippen molar-refractivity contribution >= 4 is 11.8 Å². The highest BCUT2D eigenvalue weighted by Crippen LogP contribution is 2.21. The fourth-order valence-corrected chi connectivity index (χ4v) is 1.82. The van der Waals surface area contributed by atoms with E-state index in [1.807, 2.05) is 13.8 Å². The number of amides is 2. The molecule has 90 valence electrons. The van der Waals surface area contributed by atoms with Gasteiger partial charge in [-0.1, -0.05) is 12.1 Å². The topological polar surface area (TPSA) is 46.6 Å². The smallest absolute Gasteiger partial charge is 0.261 e. The Hall–Kier alpha value is -1.68. The monoisotopic (exact) mass is 233 g/mol. The van der Waals surface area contributed by atoms with Gasteiger partial charge in [0.15, 0.2) is 0 Å². The van der Waals surface area contributed by atoms with Crippen LogP contribution in [0.15, 0.2) is 24.3 Å². The summed E-state index contributed by atoms with van der Waals surface area (Å²) >= 11 is 0. The number of benzene rings is 1. The third-order valence-corrected chi connectivity index (χ3v) is 2.64. The molecule has 2 amide bonds. The summed E-state index contributed by atoms with van der Waals surface area (Å²) in [5.74, 6) is -0.448. The van der Waals surface area contributed by atoms with Crippen molar-refractivity contribution in [2.24, 2.45) is 0 Å². The van der Waals surface area contributed by atoms with Gasteiger partial charge in [0.1, 0.15) is 0 Å². The summed E-state index contributed by atoms with van der Waals surface area (Å²) in [7, 11) is 0. The molecular weight excluding hydrogens is 218 g/mol. The first-order valence-corrected chi connectivity index (χ1v) is 5.68. The fraction of sp³-hybridized carbons (Fsp3) is 0.385. The van der Waals surface area contributed by atoms with E-state index >= 15 is 0 Å². The molecule has 17 heavy (non-hydrogen) atoms. The number of hydrogen-bond donors (Lipinski definition) is 0. The maximum atomic E-state index is 11.9. The van der Waals surface area contributed by atoms with E-state index in [4.69, 9.17) is 4.74 Å². The van der Waals surface area contributed by atoms with Gasteiger partial charge < -0.3 is 4.74 Å². The van der Waals surface area contributed by atoms with E-state index in [-0.39, 0.29) is 17.9 Å². The van der Waals surface area contributed by atoms with Gasteiger partial charge in [0.05, 0.1) is 30.4 Å².